The predicted molar refractivity (Wildman–Crippen MR) is 246 cm³/mol. The fourth-order valence-corrected chi connectivity index (χ4v) is 6.97. The lowest BCUT2D eigenvalue weighted by Gasteiger charge is -2.21. The first-order valence-electron chi connectivity index (χ1n) is 21.3. The van der Waals surface area contributed by atoms with Crippen molar-refractivity contribution in [3.8, 4) is 28.1 Å². The molecule has 29 heteroatoms. The molecule has 376 valence electrons. The van der Waals surface area contributed by atoms with E-state index >= 15 is 0 Å². The highest BCUT2D eigenvalue weighted by Gasteiger charge is 2.41. The third-order valence-electron chi connectivity index (χ3n) is 10.6. The lowest BCUT2D eigenvalue weighted by Crippen LogP contribution is -2.38. The number of carbonyl (C=O) groups excluding carboxylic acids is 2. The van der Waals surface area contributed by atoms with Crippen LogP contribution in [-0.4, -0.2) is 99.3 Å². The standard InChI is InChI=1S/C21H21F3N8O3.C13H15BrF3N3O.C8H7N5O2/c22-21(23,24)16(6-8-27-20(33)30-14-2-3-14)12-1-4-17(28-9-12)31-11-13(10-29-31)15-5-7-26-19(25)18(15)32(34)35;14-11-4-1-8(7-19-11)10(13(15,16)17)5-6-18-12(21)20-9-2-3-9;9-8-7(13(14)15)6(1-2-10-8)5-3-11-12-4-5/h1,4-5,7,9-11,14,16H,2-3,6,8H2,(H2,25,26)(H2,27,30,33);1,4,7,9-10H,2-3,5-6H2,(H2,18,20,21);1-4H,(H2,9,10)(H,11,12). The van der Waals surface area contributed by atoms with Crippen LogP contribution in [0.3, 0.4) is 0 Å². The monoisotopic (exact) mass is 1060 g/mol. The van der Waals surface area contributed by atoms with E-state index in [0.29, 0.717) is 21.3 Å². The highest BCUT2D eigenvalue weighted by molar-refractivity contribution is 9.10. The summed E-state index contributed by atoms with van der Waals surface area (Å²) in [5.41, 5.74) is 12.1. The minimum absolute atomic E-state index is 0.0429. The summed E-state index contributed by atoms with van der Waals surface area (Å²) < 4.78 is 82.0. The Morgan fingerprint density at radius 1 is 0.718 bits per heavy atom. The van der Waals surface area contributed by atoms with Crippen molar-refractivity contribution in [3.63, 3.8) is 0 Å². The van der Waals surface area contributed by atoms with Crippen molar-refractivity contribution >= 4 is 51.0 Å². The zero-order chi connectivity index (χ0) is 51.5. The molecule has 0 aliphatic heterocycles. The molecule has 0 aromatic carbocycles. The summed E-state index contributed by atoms with van der Waals surface area (Å²) in [5.74, 6) is -3.59. The Morgan fingerprint density at radius 2 is 1.21 bits per heavy atom. The van der Waals surface area contributed by atoms with Crippen molar-refractivity contribution < 1.29 is 45.8 Å². The van der Waals surface area contributed by atoms with Gasteiger partial charge in [0.05, 0.1) is 45.2 Å². The first-order chi connectivity index (χ1) is 33.7. The predicted octanol–water partition coefficient (Wildman–Crippen LogP) is 7.62. The maximum Gasteiger partial charge on any atom is 0.395 e. The number of pyridine rings is 4. The van der Waals surface area contributed by atoms with Gasteiger partial charge in [0.25, 0.3) is 0 Å². The van der Waals surface area contributed by atoms with Crippen LogP contribution in [0.4, 0.5) is 58.9 Å². The Hall–Kier alpha value is -7.98. The molecule has 0 bridgehead atoms. The molecule has 22 nitrogen and oxygen atoms in total. The number of halogens is 7. The number of carbonyl (C=O) groups is 2. The number of H-pyrrole nitrogens is 1. The topological polar surface area (TPSA) is 319 Å². The van der Waals surface area contributed by atoms with E-state index in [9.17, 15) is 56.2 Å². The van der Waals surface area contributed by atoms with Gasteiger partial charge in [0.15, 0.2) is 5.82 Å². The number of rotatable bonds is 15. The van der Waals surface area contributed by atoms with Gasteiger partial charge in [0, 0.05) is 73.5 Å². The van der Waals surface area contributed by atoms with E-state index in [1.165, 1.54) is 78.3 Å². The quantitative estimate of drug-likeness (QED) is 0.0225. The Bertz CT molecular complexity index is 2770. The molecule has 2 atom stereocenters. The molecule has 8 rings (SSSR count). The smallest absolute Gasteiger partial charge is 0.378 e. The second-order valence-corrected chi connectivity index (χ2v) is 16.7. The van der Waals surface area contributed by atoms with Gasteiger partial charge in [0.1, 0.15) is 4.60 Å². The molecule has 2 aliphatic rings. The fraction of sp³-hybridized carbons (Fsp3) is 0.333. The van der Waals surface area contributed by atoms with Crippen molar-refractivity contribution in [2.45, 2.75) is 74.8 Å². The van der Waals surface area contributed by atoms with E-state index in [0.717, 1.165) is 31.9 Å². The Labute approximate surface area is 406 Å². The van der Waals surface area contributed by atoms with Gasteiger partial charge in [-0.25, -0.2) is 34.2 Å². The molecule has 9 N–H and O–H groups in total. The minimum atomic E-state index is -4.53. The van der Waals surface area contributed by atoms with E-state index in [1.807, 2.05) is 0 Å². The number of nitro groups is 2. The van der Waals surface area contributed by atoms with E-state index in [1.54, 1.807) is 6.20 Å². The van der Waals surface area contributed by atoms with E-state index in [4.69, 9.17) is 11.5 Å². The number of amides is 4. The number of nitrogen functional groups attached to an aromatic ring is 2. The van der Waals surface area contributed by atoms with Crippen LogP contribution in [0.25, 0.3) is 28.1 Å². The number of alkyl halides is 6. The molecule has 2 unspecified atom stereocenters. The summed E-state index contributed by atoms with van der Waals surface area (Å²) in [4.78, 5) is 59.3. The van der Waals surface area contributed by atoms with Gasteiger partial charge >= 0.3 is 35.8 Å². The zero-order valence-corrected chi connectivity index (χ0v) is 38.4. The van der Waals surface area contributed by atoms with Crippen molar-refractivity contribution in [2.24, 2.45) is 0 Å². The molecular formula is C42H43BrF6N16O6. The van der Waals surface area contributed by atoms with Crippen LogP contribution in [0.1, 0.15) is 61.5 Å². The van der Waals surface area contributed by atoms with Crippen LogP contribution in [0.2, 0.25) is 0 Å². The van der Waals surface area contributed by atoms with Crippen LogP contribution in [0.5, 0.6) is 0 Å². The van der Waals surface area contributed by atoms with E-state index < -0.39 is 46.1 Å². The number of urea groups is 2. The molecule has 4 amide bonds. The fourth-order valence-electron chi connectivity index (χ4n) is 6.73. The molecule has 6 aromatic heterocycles. The number of hydrogen-bond acceptors (Lipinski definition) is 14. The first kappa shape index (κ1) is 52.4. The van der Waals surface area contributed by atoms with Crippen molar-refractivity contribution in [1.82, 2.24) is 61.2 Å². The van der Waals surface area contributed by atoms with Gasteiger partial charge in [-0.05, 0) is 89.8 Å². The second kappa shape index (κ2) is 23.1. The van der Waals surface area contributed by atoms with Gasteiger partial charge in [-0.15, -0.1) is 0 Å². The zero-order valence-electron chi connectivity index (χ0n) is 36.8. The molecule has 0 radical (unpaired) electrons. The number of nitrogens with zero attached hydrogens (tertiary/aromatic N) is 9. The lowest BCUT2D eigenvalue weighted by molar-refractivity contribution is -0.383. The number of nitrogens with one attached hydrogen (secondary N) is 5. The van der Waals surface area contributed by atoms with Crippen LogP contribution in [0.15, 0.2) is 90.6 Å². The highest BCUT2D eigenvalue weighted by atomic mass is 79.9. The highest BCUT2D eigenvalue weighted by Crippen LogP contribution is 2.39. The maximum absolute atomic E-state index is 13.7. The largest absolute Gasteiger partial charge is 0.395 e. The molecule has 0 saturated heterocycles. The number of hydrogen-bond donors (Lipinski definition) is 7. The van der Waals surface area contributed by atoms with Crippen LogP contribution >= 0.6 is 15.9 Å². The SMILES string of the molecule is Nc1nccc(-c2cn[nH]c2)c1[N+](=O)[O-].Nc1nccc(-c2cnn(-c3ccc(C(CCNC(=O)NC4CC4)C(F)(F)F)cn3)c2)c1[N+](=O)[O-].O=C(NCCC(c1ccc(Br)nc1)C(F)(F)F)NC1CC1. The molecule has 0 spiro atoms. The number of aromatic nitrogens is 8. The number of aromatic amines is 1. The van der Waals surface area contributed by atoms with Gasteiger partial charge in [-0.3, -0.25) is 25.3 Å². The Kier molecular flexibility index (Phi) is 17.0. The molecule has 6 aromatic rings. The molecule has 6 heterocycles. The summed E-state index contributed by atoms with van der Waals surface area (Å²) in [6, 6.07) is 7.86. The van der Waals surface area contributed by atoms with E-state index in [2.05, 4.69) is 72.4 Å². The van der Waals surface area contributed by atoms with Gasteiger partial charge in [-0.1, -0.05) is 12.1 Å². The molecular weight excluding hydrogens is 1020 g/mol. The molecule has 2 aliphatic carbocycles. The van der Waals surface area contributed by atoms with Crippen molar-refractivity contribution in [2.75, 3.05) is 24.6 Å². The average Bonchev–Trinajstić information content (AvgIpc) is 4.18. The van der Waals surface area contributed by atoms with Crippen LogP contribution < -0.4 is 32.7 Å². The third kappa shape index (κ3) is 15.0. The summed E-state index contributed by atoms with van der Waals surface area (Å²) in [6.45, 7) is -0.195. The van der Waals surface area contributed by atoms with E-state index in [-0.39, 0.29) is 83.5 Å². The third-order valence-corrected chi connectivity index (χ3v) is 11.1. The van der Waals surface area contributed by atoms with Gasteiger partial charge < -0.3 is 32.7 Å². The van der Waals surface area contributed by atoms with Crippen molar-refractivity contribution in [3.05, 3.63) is 122 Å². The van der Waals surface area contributed by atoms with Crippen LogP contribution in [-0.2, 0) is 0 Å². The van der Waals surface area contributed by atoms with Crippen LogP contribution in [0, 0.1) is 20.2 Å². The lowest BCUT2D eigenvalue weighted by atomic mass is 9.96. The molecule has 2 fully saturated rings. The Morgan fingerprint density at radius 3 is 1.62 bits per heavy atom. The average molecular weight is 1060 g/mol. The summed E-state index contributed by atoms with van der Waals surface area (Å²) in [7, 11) is 0. The normalized spacial score (nSPS) is 14.1. The second-order valence-electron chi connectivity index (χ2n) is 15.8. The van der Waals surface area contributed by atoms with Crippen molar-refractivity contribution in [1.29, 1.82) is 0 Å². The van der Waals surface area contributed by atoms with Gasteiger partial charge in [0.2, 0.25) is 11.6 Å². The molecule has 2 saturated carbocycles. The number of nitrogens with two attached hydrogens (primary N) is 2. The summed E-state index contributed by atoms with van der Waals surface area (Å²) in [5, 5.41) is 42.8. The maximum atomic E-state index is 13.7. The van der Waals surface area contributed by atoms with Gasteiger partial charge in [-0.2, -0.15) is 36.5 Å². The first-order valence-corrected chi connectivity index (χ1v) is 22.1. The Balaban J connectivity index is 0.000000193. The summed E-state index contributed by atoms with van der Waals surface area (Å²) >= 11 is 3.09. The molecule has 71 heavy (non-hydrogen) atoms. The summed E-state index contributed by atoms with van der Waals surface area (Å²) in [6.07, 6.45) is 5.06. The number of anilines is 2. The minimum Gasteiger partial charge on any atom is -0.378 e.